The maximum absolute atomic E-state index is 12.0. The minimum absolute atomic E-state index is 0.0934. The third-order valence-corrected chi connectivity index (χ3v) is 2.94. The molecule has 2 aromatic rings. The van der Waals surface area contributed by atoms with Crippen molar-refractivity contribution < 1.29 is 14.7 Å². The van der Waals surface area contributed by atoms with E-state index in [9.17, 15) is 9.59 Å². The fourth-order valence-electron chi connectivity index (χ4n) is 1.94. The van der Waals surface area contributed by atoms with Crippen LogP contribution >= 0.6 is 0 Å². The highest BCUT2D eigenvalue weighted by Gasteiger charge is 2.15. The number of carboxylic acids is 1. The number of nitrogens with zero attached hydrogens (tertiary/aromatic N) is 3. The minimum Gasteiger partial charge on any atom is -0.480 e. The fraction of sp³-hybridized carbons (Fsp3) is 0.308. The number of aliphatic carboxylic acids is 1. The predicted molar refractivity (Wildman–Crippen MR) is 69.7 cm³/mol. The molecule has 6 nitrogen and oxygen atoms in total. The van der Waals surface area contributed by atoms with Crippen LogP contribution in [0.3, 0.4) is 0 Å². The molecule has 0 saturated carbocycles. The number of amides is 1. The average molecular weight is 261 g/mol. The van der Waals surface area contributed by atoms with Crippen LogP contribution in [-0.2, 0) is 16.1 Å². The van der Waals surface area contributed by atoms with Crippen LogP contribution in [0.4, 0.5) is 0 Å². The van der Waals surface area contributed by atoms with Gasteiger partial charge in [-0.05, 0) is 19.1 Å². The lowest BCUT2D eigenvalue weighted by atomic mass is 10.3. The first kappa shape index (κ1) is 13.1. The van der Waals surface area contributed by atoms with E-state index in [0.29, 0.717) is 0 Å². The zero-order chi connectivity index (χ0) is 14.0. The molecule has 0 spiro atoms. The summed E-state index contributed by atoms with van der Waals surface area (Å²) in [7, 11) is 1.48. The summed E-state index contributed by atoms with van der Waals surface area (Å²) < 4.78 is 1.79. The Morgan fingerprint density at radius 3 is 2.74 bits per heavy atom. The Hall–Kier alpha value is -2.37. The summed E-state index contributed by atoms with van der Waals surface area (Å²) in [5.74, 6) is -0.546. The van der Waals surface area contributed by atoms with Gasteiger partial charge in [-0.25, -0.2) is 4.98 Å². The number of carboxylic acid groups (broad SMARTS) is 1. The van der Waals surface area contributed by atoms with Crippen LogP contribution in [0.5, 0.6) is 0 Å². The van der Waals surface area contributed by atoms with Gasteiger partial charge in [0.2, 0.25) is 5.91 Å². The first-order valence-corrected chi connectivity index (χ1v) is 5.86. The number of benzene rings is 1. The molecule has 1 heterocycles. The summed E-state index contributed by atoms with van der Waals surface area (Å²) >= 11 is 0. The summed E-state index contributed by atoms with van der Waals surface area (Å²) in [6, 6.07) is 7.53. The third-order valence-electron chi connectivity index (χ3n) is 2.94. The van der Waals surface area contributed by atoms with Gasteiger partial charge in [0.25, 0.3) is 0 Å². The van der Waals surface area contributed by atoms with Crippen LogP contribution in [0.2, 0.25) is 0 Å². The number of carbonyl (C=O) groups excluding carboxylic acids is 1. The zero-order valence-electron chi connectivity index (χ0n) is 10.8. The van der Waals surface area contributed by atoms with Gasteiger partial charge in [0.1, 0.15) is 18.9 Å². The summed E-state index contributed by atoms with van der Waals surface area (Å²) in [5, 5.41) is 8.67. The van der Waals surface area contributed by atoms with E-state index in [1.54, 1.807) is 4.57 Å². The van der Waals surface area contributed by atoms with E-state index in [0.717, 1.165) is 16.9 Å². The Morgan fingerprint density at radius 2 is 2.05 bits per heavy atom. The number of fused-ring (bicyclic) bond motifs is 1. The highest BCUT2D eigenvalue weighted by atomic mass is 16.4. The number of hydrogen-bond acceptors (Lipinski definition) is 3. The molecule has 1 amide bonds. The molecule has 0 unspecified atom stereocenters. The number of imidazole rings is 1. The molecule has 2 rings (SSSR count). The molecule has 100 valence electrons. The Kier molecular flexibility index (Phi) is 3.50. The number of para-hydroxylation sites is 2. The molecular weight excluding hydrogens is 246 g/mol. The van der Waals surface area contributed by atoms with Crippen molar-refractivity contribution in [3.8, 4) is 0 Å². The standard InChI is InChI=1S/C13H15N3O3/c1-9-14-10-5-3-4-6-11(10)16(9)7-12(17)15(2)8-13(18)19/h3-6H,7-8H2,1-2H3,(H,18,19). The van der Waals surface area contributed by atoms with E-state index in [1.165, 1.54) is 11.9 Å². The van der Waals surface area contributed by atoms with E-state index >= 15 is 0 Å². The fourth-order valence-corrected chi connectivity index (χ4v) is 1.94. The number of rotatable bonds is 4. The van der Waals surface area contributed by atoms with Crippen molar-refractivity contribution >= 4 is 22.9 Å². The SMILES string of the molecule is Cc1nc2ccccc2n1CC(=O)N(C)CC(=O)O. The van der Waals surface area contributed by atoms with Crippen LogP contribution in [-0.4, -0.2) is 45.0 Å². The van der Waals surface area contributed by atoms with E-state index in [2.05, 4.69) is 4.98 Å². The molecule has 19 heavy (non-hydrogen) atoms. The van der Waals surface area contributed by atoms with Crippen molar-refractivity contribution in [3.05, 3.63) is 30.1 Å². The lowest BCUT2D eigenvalue weighted by molar-refractivity contribution is -0.143. The van der Waals surface area contributed by atoms with Crippen molar-refractivity contribution in [2.75, 3.05) is 13.6 Å². The minimum atomic E-state index is -1.02. The van der Waals surface area contributed by atoms with Gasteiger partial charge in [0.15, 0.2) is 0 Å². The molecule has 0 radical (unpaired) electrons. The lowest BCUT2D eigenvalue weighted by Gasteiger charge is -2.15. The zero-order valence-corrected chi connectivity index (χ0v) is 10.8. The highest BCUT2D eigenvalue weighted by molar-refractivity contribution is 5.83. The van der Waals surface area contributed by atoms with Gasteiger partial charge in [0.05, 0.1) is 11.0 Å². The van der Waals surface area contributed by atoms with Crippen molar-refractivity contribution in [1.29, 1.82) is 0 Å². The second-order valence-electron chi connectivity index (χ2n) is 4.38. The molecule has 0 saturated heterocycles. The summed E-state index contributed by atoms with van der Waals surface area (Å²) in [4.78, 5) is 28.1. The number of aryl methyl sites for hydroxylation is 1. The van der Waals surface area contributed by atoms with Gasteiger partial charge in [-0.3, -0.25) is 9.59 Å². The molecule has 0 aliphatic heterocycles. The predicted octanol–water partition coefficient (Wildman–Crippen LogP) is 0.888. The van der Waals surface area contributed by atoms with Crippen LogP contribution in [0, 0.1) is 6.92 Å². The second kappa shape index (κ2) is 5.09. The highest BCUT2D eigenvalue weighted by Crippen LogP contribution is 2.15. The topological polar surface area (TPSA) is 75.4 Å². The van der Waals surface area contributed by atoms with Crippen LogP contribution in [0.1, 0.15) is 5.82 Å². The molecule has 0 bridgehead atoms. The van der Waals surface area contributed by atoms with Crippen LogP contribution in [0.25, 0.3) is 11.0 Å². The van der Waals surface area contributed by atoms with Gasteiger partial charge in [-0.15, -0.1) is 0 Å². The molecule has 1 aromatic heterocycles. The Bertz CT molecular complexity index is 633. The molecular formula is C13H15N3O3. The van der Waals surface area contributed by atoms with Gasteiger partial charge in [-0.1, -0.05) is 12.1 Å². The van der Waals surface area contributed by atoms with Crippen molar-refractivity contribution in [1.82, 2.24) is 14.5 Å². The largest absolute Gasteiger partial charge is 0.480 e. The number of hydrogen-bond donors (Lipinski definition) is 1. The first-order chi connectivity index (χ1) is 8.99. The molecule has 0 fully saturated rings. The molecule has 6 heteroatoms. The Balaban J connectivity index is 2.24. The number of carbonyl (C=O) groups is 2. The molecule has 1 aromatic carbocycles. The monoisotopic (exact) mass is 261 g/mol. The van der Waals surface area contributed by atoms with Crippen LogP contribution < -0.4 is 0 Å². The van der Waals surface area contributed by atoms with Gasteiger partial charge in [0, 0.05) is 7.05 Å². The lowest BCUT2D eigenvalue weighted by Crippen LogP contribution is -2.34. The van der Waals surface area contributed by atoms with Crippen LogP contribution in [0.15, 0.2) is 24.3 Å². The maximum atomic E-state index is 12.0. The molecule has 0 aliphatic carbocycles. The number of likely N-dealkylation sites (N-methyl/N-ethyl adjacent to an activating group) is 1. The van der Waals surface area contributed by atoms with E-state index in [4.69, 9.17) is 5.11 Å². The quantitative estimate of drug-likeness (QED) is 0.886. The van der Waals surface area contributed by atoms with Crippen molar-refractivity contribution in [2.45, 2.75) is 13.5 Å². The molecule has 1 N–H and O–H groups in total. The van der Waals surface area contributed by atoms with Gasteiger partial charge in [-0.2, -0.15) is 0 Å². The first-order valence-electron chi connectivity index (χ1n) is 5.86. The Morgan fingerprint density at radius 1 is 1.37 bits per heavy atom. The van der Waals surface area contributed by atoms with Gasteiger partial charge < -0.3 is 14.6 Å². The summed E-state index contributed by atoms with van der Waals surface area (Å²) in [6.07, 6.45) is 0. The van der Waals surface area contributed by atoms with E-state index < -0.39 is 5.97 Å². The molecule has 0 aliphatic rings. The number of aromatic nitrogens is 2. The third kappa shape index (κ3) is 2.73. The van der Waals surface area contributed by atoms with Crippen molar-refractivity contribution in [2.24, 2.45) is 0 Å². The van der Waals surface area contributed by atoms with E-state index in [1.807, 2.05) is 31.2 Å². The smallest absolute Gasteiger partial charge is 0.323 e. The van der Waals surface area contributed by atoms with Crippen molar-refractivity contribution in [3.63, 3.8) is 0 Å². The van der Waals surface area contributed by atoms with E-state index in [-0.39, 0.29) is 19.0 Å². The molecule has 0 atom stereocenters. The summed E-state index contributed by atoms with van der Waals surface area (Å²) in [5.41, 5.74) is 1.70. The average Bonchev–Trinajstić information content (AvgIpc) is 2.65. The Labute approximate surface area is 110 Å². The normalized spacial score (nSPS) is 10.6. The second-order valence-corrected chi connectivity index (χ2v) is 4.38. The maximum Gasteiger partial charge on any atom is 0.323 e. The summed E-state index contributed by atoms with van der Waals surface area (Å²) in [6.45, 7) is 1.62. The van der Waals surface area contributed by atoms with Gasteiger partial charge >= 0.3 is 5.97 Å².